The molecule has 1 heterocycles. The van der Waals surface area contributed by atoms with E-state index in [1.54, 1.807) is 7.05 Å². The zero-order valence-corrected chi connectivity index (χ0v) is 18.1. The number of hydrogen-bond acceptors (Lipinski definition) is 5. The molecule has 0 N–H and O–H groups in total. The maximum atomic E-state index is 14.3. The van der Waals surface area contributed by atoms with Crippen molar-refractivity contribution in [1.29, 1.82) is 0 Å². The van der Waals surface area contributed by atoms with Crippen LogP contribution in [0.15, 0.2) is 53.4 Å². The molecule has 0 radical (unpaired) electrons. The van der Waals surface area contributed by atoms with Gasteiger partial charge < -0.3 is 9.64 Å². The van der Waals surface area contributed by atoms with Gasteiger partial charge in [0.15, 0.2) is 6.61 Å². The van der Waals surface area contributed by atoms with Gasteiger partial charge in [-0.05, 0) is 36.6 Å². The van der Waals surface area contributed by atoms with Gasteiger partial charge in [0.25, 0.3) is 5.91 Å². The number of amides is 1. The Morgan fingerprint density at radius 2 is 1.74 bits per heavy atom. The van der Waals surface area contributed by atoms with Crippen LogP contribution in [-0.4, -0.2) is 56.2 Å². The Morgan fingerprint density at radius 3 is 2.42 bits per heavy atom. The maximum absolute atomic E-state index is 14.3. The minimum absolute atomic E-state index is 0.129. The molecule has 7 nitrogen and oxygen atoms in total. The topological polar surface area (TPSA) is 84.0 Å². The molecule has 1 saturated heterocycles. The van der Waals surface area contributed by atoms with Crippen molar-refractivity contribution >= 4 is 21.9 Å². The Hall–Kier alpha value is -2.78. The van der Waals surface area contributed by atoms with Crippen molar-refractivity contribution in [3.8, 4) is 0 Å². The number of sulfonamides is 1. The van der Waals surface area contributed by atoms with Gasteiger partial charge in [-0.3, -0.25) is 4.79 Å². The molecule has 0 bridgehead atoms. The molecule has 2 aromatic rings. The van der Waals surface area contributed by atoms with Crippen LogP contribution in [0.25, 0.3) is 0 Å². The van der Waals surface area contributed by atoms with Gasteiger partial charge in [0.05, 0.1) is 5.56 Å². The number of hydrogen-bond donors (Lipinski definition) is 0. The summed E-state index contributed by atoms with van der Waals surface area (Å²) in [7, 11) is -2.46. The van der Waals surface area contributed by atoms with Crippen LogP contribution in [0.1, 0.15) is 35.2 Å². The lowest BCUT2D eigenvalue weighted by Gasteiger charge is -2.26. The quantitative estimate of drug-likeness (QED) is 0.608. The van der Waals surface area contributed by atoms with E-state index >= 15 is 0 Å². The molecule has 3 rings (SSSR count). The third-order valence-corrected chi connectivity index (χ3v) is 7.03. The Morgan fingerprint density at radius 1 is 1.06 bits per heavy atom. The molecule has 2 aromatic carbocycles. The Balaban J connectivity index is 1.65. The third-order valence-electron chi connectivity index (χ3n) is 5.11. The largest absolute Gasteiger partial charge is 0.452 e. The molecule has 9 heteroatoms. The zero-order chi connectivity index (χ0) is 22.4. The molecule has 1 amide bonds. The van der Waals surface area contributed by atoms with E-state index in [-0.39, 0.29) is 5.56 Å². The van der Waals surface area contributed by atoms with Crippen molar-refractivity contribution < 1.29 is 27.1 Å². The van der Waals surface area contributed by atoms with Crippen molar-refractivity contribution in [2.45, 2.75) is 30.7 Å². The monoisotopic (exact) mass is 448 g/mol. The average Bonchev–Trinajstić information content (AvgIpc) is 2.78. The normalized spacial score (nSPS) is 14.8. The van der Waals surface area contributed by atoms with Crippen LogP contribution < -0.4 is 0 Å². The van der Waals surface area contributed by atoms with E-state index < -0.39 is 39.2 Å². The molecule has 166 valence electrons. The highest BCUT2D eigenvalue weighted by molar-refractivity contribution is 7.89. The number of rotatable bonds is 7. The maximum Gasteiger partial charge on any atom is 0.338 e. The average molecular weight is 449 g/mol. The van der Waals surface area contributed by atoms with E-state index in [1.165, 1.54) is 9.21 Å². The number of carbonyl (C=O) groups excluding carboxylic acids is 2. The lowest BCUT2D eigenvalue weighted by atomic mass is 10.2. The summed E-state index contributed by atoms with van der Waals surface area (Å²) in [6.07, 6.45) is 2.34. The van der Waals surface area contributed by atoms with Gasteiger partial charge >= 0.3 is 5.97 Å². The summed E-state index contributed by atoms with van der Waals surface area (Å²) >= 11 is 0. The van der Waals surface area contributed by atoms with Crippen molar-refractivity contribution in [3.05, 3.63) is 65.5 Å². The molecular formula is C22H25FN2O5S. The van der Waals surface area contributed by atoms with Crippen LogP contribution in [0.3, 0.4) is 0 Å². The first-order valence-corrected chi connectivity index (χ1v) is 11.5. The number of halogens is 1. The predicted molar refractivity (Wildman–Crippen MR) is 112 cm³/mol. The van der Waals surface area contributed by atoms with Crippen LogP contribution in [0.2, 0.25) is 0 Å². The molecule has 1 aliphatic rings. The summed E-state index contributed by atoms with van der Waals surface area (Å²) in [5.41, 5.74) is 0.797. The number of likely N-dealkylation sites (N-methyl/N-ethyl adjacent to an activating group) is 1. The summed E-state index contributed by atoms with van der Waals surface area (Å²) in [6.45, 7) is 0.483. The Kier molecular flexibility index (Phi) is 7.40. The van der Waals surface area contributed by atoms with Crippen LogP contribution in [-0.2, 0) is 26.1 Å². The highest BCUT2D eigenvalue weighted by Gasteiger charge is 2.29. The summed E-state index contributed by atoms with van der Waals surface area (Å²) in [6, 6.07) is 12.4. The van der Waals surface area contributed by atoms with Crippen molar-refractivity contribution in [3.63, 3.8) is 0 Å². The lowest BCUT2D eigenvalue weighted by molar-refractivity contribution is -0.133. The van der Waals surface area contributed by atoms with E-state index in [4.69, 9.17) is 4.74 Å². The molecule has 0 aromatic heterocycles. The fraction of sp³-hybridized carbons (Fsp3) is 0.364. The van der Waals surface area contributed by atoms with Gasteiger partial charge in [-0.1, -0.05) is 36.8 Å². The summed E-state index contributed by atoms with van der Waals surface area (Å²) in [5.74, 6) is -2.24. The molecule has 0 saturated carbocycles. The van der Waals surface area contributed by atoms with Gasteiger partial charge in [0, 0.05) is 26.7 Å². The smallest absolute Gasteiger partial charge is 0.338 e. The van der Waals surface area contributed by atoms with E-state index in [9.17, 15) is 22.4 Å². The molecule has 0 spiro atoms. The van der Waals surface area contributed by atoms with Crippen molar-refractivity contribution in [2.24, 2.45) is 0 Å². The first-order chi connectivity index (χ1) is 14.8. The molecule has 1 fully saturated rings. The minimum atomic E-state index is -4.05. The lowest BCUT2D eigenvalue weighted by Crippen LogP contribution is -2.36. The van der Waals surface area contributed by atoms with Gasteiger partial charge in [-0.2, -0.15) is 4.31 Å². The van der Waals surface area contributed by atoms with Crippen LogP contribution in [0.4, 0.5) is 4.39 Å². The second-order valence-electron chi connectivity index (χ2n) is 7.42. The van der Waals surface area contributed by atoms with Crippen molar-refractivity contribution in [2.75, 3.05) is 26.7 Å². The predicted octanol–water partition coefficient (Wildman–Crippen LogP) is 2.82. The molecular weight excluding hydrogens is 423 g/mol. The Bertz CT molecular complexity index is 1040. The van der Waals surface area contributed by atoms with E-state index in [1.807, 2.05) is 30.3 Å². The van der Waals surface area contributed by atoms with Gasteiger partial charge in [0.1, 0.15) is 10.7 Å². The second kappa shape index (κ2) is 10.0. The number of benzene rings is 2. The molecule has 0 atom stereocenters. The highest BCUT2D eigenvalue weighted by atomic mass is 32.2. The number of carbonyl (C=O) groups is 2. The first kappa shape index (κ1) is 22.9. The van der Waals surface area contributed by atoms with Crippen LogP contribution in [0.5, 0.6) is 0 Å². The SMILES string of the molecule is CN(Cc1ccccc1)C(=O)COC(=O)c1ccc(F)c(S(=O)(=O)N2CCCCC2)c1. The van der Waals surface area contributed by atoms with Gasteiger partial charge in [0.2, 0.25) is 10.0 Å². The number of nitrogens with zero attached hydrogens (tertiary/aromatic N) is 2. The van der Waals surface area contributed by atoms with E-state index in [0.717, 1.165) is 30.2 Å². The third kappa shape index (κ3) is 5.68. The highest BCUT2D eigenvalue weighted by Crippen LogP contribution is 2.24. The van der Waals surface area contributed by atoms with Crippen LogP contribution >= 0.6 is 0 Å². The van der Waals surface area contributed by atoms with Crippen LogP contribution in [0, 0.1) is 5.82 Å². The zero-order valence-electron chi connectivity index (χ0n) is 17.3. The van der Waals surface area contributed by atoms with E-state index in [0.29, 0.717) is 32.5 Å². The Labute approximate surface area is 181 Å². The fourth-order valence-electron chi connectivity index (χ4n) is 3.34. The summed E-state index contributed by atoms with van der Waals surface area (Å²) < 4.78 is 46.1. The second-order valence-corrected chi connectivity index (χ2v) is 9.33. The summed E-state index contributed by atoms with van der Waals surface area (Å²) in [5, 5.41) is 0. The number of piperidine rings is 1. The summed E-state index contributed by atoms with van der Waals surface area (Å²) in [4.78, 5) is 25.5. The van der Waals surface area contributed by atoms with Gasteiger partial charge in [-0.25, -0.2) is 17.6 Å². The number of ether oxygens (including phenoxy) is 1. The molecule has 0 aliphatic carbocycles. The first-order valence-electron chi connectivity index (χ1n) is 10.0. The minimum Gasteiger partial charge on any atom is -0.452 e. The van der Waals surface area contributed by atoms with E-state index in [2.05, 4.69) is 0 Å². The molecule has 1 aliphatic heterocycles. The fourth-order valence-corrected chi connectivity index (χ4v) is 4.95. The number of esters is 1. The standard InChI is InChI=1S/C22H25FN2O5S/c1-24(15-17-8-4-2-5-9-17)21(26)16-30-22(27)18-10-11-19(23)20(14-18)31(28,29)25-12-6-3-7-13-25/h2,4-5,8-11,14H,3,6-7,12-13,15-16H2,1H3. The van der Waals surface area contributed by atoms with Crippen molar-refractivity contribution in [1.82, 2.24) is 9.21 Å². The molecule has 0 unspecified atom stereocenters. The molecule has 31 heavy (non-hydrogen) atoms. The van der Waals surface area contributed by atoms with Gasteiger partial charge in [-0.15, -0.1) is 0 Å².